The highest BCUT2D eigenvalue weighted by molar-refractivity contribution is 7.16. The van der Waals surface area contributed by atoms with Crippen LogP contribution in [0.2, 0.25) is 0 Å². The zero-order valence-electron chi connectivity index (χ0n) is 15.6. The number of anilines is 1. The number of furan rings is 1. The Morgan fingerprint density at radius 1 is 1.14 bits per heavy atom. The maximum Gasteiger partial charge on any atom is 0.302 e. The van der Waals surface area contributed by atoms with Gasteiger partial charge in [-0.2, -0.15) is 0 Å². The SMILES string of the molecule is Cc1ccc(/C(O)=C2\C(=O)C(=O)N(c3nc(C)c(C)s3)[C@H]2c2ccco2)cc1. The number of benzene rings is 1. The summed E-state index contributed by atoms with van der Waals surface area (Å²) in [5.41, 5.74) is 2.27. The molecule has 1 N–H and O–H groups in total. The molecule has 7 heteroatoms. The van der Waals surface area contributed by atoms with Crippen LogP contribution in [0.5, 0.6) is 0 Å². The summed E-state index contributed by atoms with van der Waals surface area (Å²) in [7, 11) is 0. The van der Waals surface area contributed by atoms with Gasteiger partial charge >= 0.3 is 5.91 Å². The molecule has 142 valence electrons. The molecule has 6 nitrogen and oxygen atoms in total. The molecule has 0 aliphatic carbocycles. The van der Waals surface area contributed by atoms with Crippen molar-refractivity contribution in [2.24, 2.45) is 0 Å². The molecule has 1 amide bonds. The molecule has 0 radical (unpaired) electrons. The van der Waals surface area contributed by atoms with Crippen molar-refractivity contribution in [3.8, 4) is 0 Å². The van der Waals surface area contributed by atoms with E-state index in [9.17, 15) is 14.7 Å². The highest BCUT2D eigenvalue weighted by Gasteiger charge is 2.49. The first-order valence-corrected chi connectivity index (χ1v) is 9.55. The van der Waals surface area contributed by atoms with Crippen molar-refractivity contribution in [2.75, 3.05) is 4.90 Å². The second-order valence-corrected chi connectivity index (χ2v) is 7.87. The molecule has 1 fully saturated rings. The molecular weight excluding hydrogens is 376 g/mol. The molecule has 1 aliphatic rings. The Hall–Kier alpha value is -3.19. The number of aliphatic hydroxyl groups excluding tert-OH is 1. The second kappa shape index (κ2) is 6.76. The largest absolute Gasteiger partial charge is 0.507 e. The van der Waals surface area contributed by atoms with Gasteiger partial charge in [0, 0.05) is 10.4 Å². The second-order valence-electron chi connectivity index (χ2n) is 6.69. The van der Waals surface area contributed by atoms with Gasteiger partial charge in [0.15, 0.2) is 5.13 Å². The number of aromatic nitrogens is 1. The molecule has 1 atom stereocenters. The first kappa shape index (κ1) is 18.2. The number of hydrogen-bond acceptors (Lipinski definition) is 6. The van der Waals surface area contributed by atoms with Gasteiger partial charge in [-0.05, 0) is 32.9 Å². The van der Waals surface area contributed by atoms with Crippen molar-refractivity contribution in [3.63, 3.8) is 0 Å². The van der Waals surface area contributed by atoms with E-state index < -0.39 is 17.7 Å². The molecule has 3 heterocycles. The van der Waals surface area contributed by atoms with Crippen molar-refractivity contribution in [2.45, 2.75) is 26.8 Å². The van der Waals surface area contributed by atoms with Crippen LogP contribution in [-0.4, -0.2) is 21.8 Å². The predicted molar refractivity (Wildman–Crippen MR) is 106 cm³/mol. The molecule has 3 aromatic rings. The number of aliphatic hydroxyl groups is 1. The van der Waals surface area contributed by atoms with E-state index in [2.05, 4.69) is 4.98 Å². The first-order valence-electron chi connectivity index (χ1n) is 8.74. The van der Waals surface area contributed by atoms with Gasteiger partial charge in [-0.25, -0.2) is 4.98 Å². The van der Waals surface area contributed by atoms with Crippen molar-refractivity contribution in [1.29, 1.82) is 0 Å². The molecule has 2 aromatic heterocycles. The Bertz CT molecular complexity index is 1070. The summed E-state index contributed by atoms with van der Waals surface area (Å²) < 4.78 is 5.52. The topological polar surface area (TPSA) is 83.6 Å². The van der Waals surface area contributed by atoms with Crippen LogP contribution in [0.25, 0.3) is 5.76 Å². The summed E-state index contributed by atoms with van der Waals surface area (Å²) in [5, 5.41) is 11.3. The van der Waals surface area contributed by atoms with Gasteiger partial charge in [-0.1, -0.05) is 29.8 Å². The number of Topliss-reactive ketones (excluding diaryl/α,β-unsaturated/α-hetero) is 1. The van der Waals surface area contributed by atoms with Crippen LogP contribution in [0.15, 0.2) is 52.7 Å². The normalized spacial score (nSPS) is 18.8. The summed E-state index contributed by atoms with van der Waals surface area (Å²) in [4.78, 5) is 32.5. The summed E-state index contributed by atoms with van der Waals surface area (Å²) in [6.45, 7) is 5.68. The quantitative estimate of drug-likeness (QED) is 0.407. The lowest BCUT2D eigenvalue weighted by Crippen LogP contribution is -2.29. The Labute approximate surface area is 165 Å². The fraction of sp³-hybridized carbons (Fsp3) is 0.190. The Morgan fingerprint density at radius 3 is 2.43 bits per heavy atom. The van der Waals surface area contributed by atoms with Crippen molar-refractivity contribution < 1.29 is 19.1 Å². The number of carbonyl (C=O) groups is 2. The molecule has 0 bridgehead atoms. The van der Waals surface area contributed by atoms with Crippen LogP contribution in [0.3, 0.4) is 0 Å². The molecule has 1 aliphatic heterocycles. The fourth-order valence-electron chi connectivity index (χ4n) is 3.17. The number of aryl methyl sites for hydroxylation is 3. The number of rotatable bonds is 3. The third-order valence-electron chi connectivity index (χ3n) is 4.81. The number of thiazole rings is 1. The van der Waals surface area contributed by atoms with Crippen LogP contribution in [0, 0.1) is 20.8 Å². The highest BCUT2D eigenvalue weighted by atomic mass is 32.1. The van der Waals surface area contributed by atoms with E-state index in [-0.39, 0.29) is 11.3 Å². The average molecular weight is 394 g/mol. The number of carbonyl (C=O) groups excluding carboxylic acids is 2. The molecule has 28 heavy (non-hydrogen) atoms. The highest BCUT2D eigenvalue weighted by Crippen LogP contribution is 2.43. The van der Waals surface area contributed by atoms with Crippen molar-refractivity contribution >= 4 is 33.9 Å². The minimum absolute atomic E-state index is 0.00527. The zero-order valence-corrected chi connectivity index (χ0v) is 16.4. The number of amides is 1. The molecule has 0 unspecified atom stereocenters. The Kier molecular flexibility index (Phi) is 4.39. The van der Waals surface area contributed by atoms with Gasteiger partial charge in [0.1, 0.15) is 17.6 Å². The minimum Gasteiger partial charge on any atom is -0.507 e. The predicted octanol–water partition coefficient (Wildman–Crippen LogP) is 4.29. The number of ketones is 1. The smallest absolute Gasteiger partial charge is 0.302 e. The molecule has 1 saturated heterocycles. The van der Waals surface area contributed by atoms with E-state index in [1.54, 1.807) is 24.3 Å². The van der Waals surface area contributed by atoms with Gasteiger partial charge < -0.3 is 9.52 Å². The maximum absolute atomic E-state index is 12.9. The van der Waals surface area contributed by atoms with Gasteiger partial charge in [0.25, 0.3) is 5.78 Å². The van der Waals surface area contributed by atoms with Crippen molar-refractivity contribution in [3.05, 3.63) is 75.7 Å². The third-order valence-corrected chi connectivity index (χ3v) is 5.88. The van der Waals surface area contributed by atoms with Crippen LogP contribution >= 0.6 is 11.3 Å². The standard InChI is InChI=1S/C21H18N2O4S/c1-11-6-8-14(9-7-11)18(24)16-17(15-5-4-10-27-15)23(20(26)19(16)25)21-22-12(2)13(3)28-21/h4-10,17,24H,1-3H3/b18-16+/t17-/m0/s1. The van der Waals surface area contributed by atoms with Gasteiger partial charge in [-0.3, -0.25) is 14.5 Å². The van der Waals surface area contributed by atoms with Gasteiger partial charge in [0.05, 0.1) is 17.5 Å². The maximum atomic E-state index is 12.9. The Morgan fingerprint density at radius 2 is 1.86 bits per heavy atom. The Balaban J connectivity index is 1.92. The average Bonchev–Trinajstić information content (AvgIpc) is 3.36. The molecule has 1 aromatic carbocycles. The number of nitrogens with zero attached hydrogens (tertiary/aromatic N) is 2. The van der Waals surface area contributed by atoms with Gasteiger partial charge in [0.2, 0.25) is 0 Å². The monoisotopic (exact) mass is 394 g/mol. The zero-order chi connectivity index (χ0) is 20.0. The lowest BCUT2D eigenvalue weighted by Gasteiger charge is -2.20. The number of hydrogen-bond donors (Lipinski definition) is 1. The van der Waals surface area contributed by atoms with E-state index in [0.29, 0.717) is 16.5 Å². The molecule has 0 saturated carbocycles. The summed E-state index contributed by atoms with van der Waals surface area (Å²) >= 11 is 1.33. The summed E-state index contributed by atoms with van der Waals surface area (Å²) in [6.07, 6.45) is 1.47. The van der Waals surface area contributed by atoms with Crippen LogP contribution < -0.4 is 4.90 Å². The summed E-state index contributed by atoms with van der Waals surface area (Å²) in [5.74, 6) is -1.33. The van der Waals surface area contributed by atoms with Crippen molar-refractivity contribution in [1.82, 2.24) is 4.98 Å². The van der Waals surface area contributed by atoms with E-state index in [1.165, 1.54) is 22.5 Å². The molecule has 0 spiro atoms. The van der Waals surface area contributed by atoms with E-state index in [4.69, 9.17) is 4.42 Å². The van der Waals surface area contributed by atoms with Crippen LogP contribution in [0.4, 0.5) is 5.13 Å². The van der Waals surface area contributed by atoms with Crippen LogP contribution in [-0.2, 0) is 9.59 Å². The fourth-order valence-corrected chi connectivity index (χ4v) is 4.11. The van der Waals surface area contributed by atoms with E-state index in [1.807, 2.05) is 32.9 Å². The van der Waals surface area contributed by atoms with Crippen LogP contribution in [0.1, 0.15) is 33.5 Å². The van der Waals surface area contributed by atoms with E-state index >= 15 is 0 Å². The minimum atomic E-state index is -0.874. The molecular formula is C21H18N2O4S. The lowest BCUT2D eigenvalue weighted by molar-refractivity contribution is -0.132. The third kappa shape index (κ3) is 2.84. The molecule has 4 rings (SSSR count). The first-order chi connectivity index (χ1) is 13.4. The van der Waals surface area contributed by atoms with E-state index in [0.717, 1.165) is 16.1 Å². The lowest BCUT2D eigenvalue weighted by atomic mass is 9.99. The summed E-state index contributed by atoms with van der Waals surface area (Å²) in [6, 6.07) is 9.59. The van der Waals surface area contributed by atoms with Gasteiger partial charge in [-0.15, -0.1) is 11.3 Å².